The standard InChI is InChI=1S/C85H150O17P2/c1-5-9-13-17-21-25-29-33-37-39-43-46-50-54-58-62-66-70-83(88)96-76-80(101-84(89)71-67-63-59-55-51-47-42-36-32-28-24-20-16-12-8-4)77-99-103(91,92)97-73-79(86)74-98-104(93,94)100-78-81(75-95-82(87)69-65-61-57-53-49-45-41-35-31-27-23-19-15-11-7-3)102-85(90)72-68-64-60-56-52-48-44-40-38-34-30-26-22-18-14-10-6-2/h21-22,25-26,33-34,37-38,43-44,46,48,54,56,58,60,79-81,86H,5-20,23-24,27-32,35-36,39-42,45,47,49-53,55,57,59,61-78H2,1-4H3,(H,91,92)(H,93,94)/b25-21-,26-22-,37-33-,38-34-,46-43-,48-44-,58-54-,60-56-/t79-,80-,81-/m1/s1. The lowest BCUT2D eigenvalue weighted by Gasteiger charge is -2.21. The molecule has 0 saturated carbocycles. The fourth-order valence-corrected chi connectivity index (χ4v) is 12.8. The fourth-order valence-electron chi connectivity index (χ4n) is 11.2. The maximum atomic E-state index is 13.1. The number of aliphatic hydroxyl groups excluding tert-OH is 1. The number of unbranched alkanes of at least 4 members (excludes halogenated alkanes) is 36. The van der Waals surface area contributed by atoms with Crippen LogP contribution in [-0.2, 0) is 65.4 Å². The number of esters is 4. The summed E-state index contributed by atoms with van der Waals surface area (Å²) in [6.07, 6.45) is 82.5. The molecule has 0 aliphatic heterocycles. The first-order valence-corrected chi connectivity index (χ1v) is 44.5. The van der Waals surface area contributed by atoms with E-state index < -0.39 is 97.5 Å². The minimum atomic E-state index is -4.99. The predicted molar refractivity (Wildman–Crippen MR) is 427 cm³/mol. The van der Waals surface area contributed by atoms with Crippen molar-refractivity contribution < 1.29 is 80.2 Å². The summed E-state index contributed by atoms with van der Waals surface area (Å²) >= 11 is 0. The smallest absolute Gasteiger partial charge is 0.462 e. The van der Waals surface area contributed by atoms with E-state index in [2.05, 4.69) is 101 Å². The average Bonchev–Trinajstić information content (AvgIpc) is 0.909. The highest BCUT2D eigenvalue weighted by Gasteiger charge is 2.30. The highest BCUT2D eigenvalue weighted by atomic mass is 31.2. The lowest BCUT2D eigenvalue weighted by Crippen LogP contribution is -2.30. The molecule has 0 aromatic heterocycles. The van der Waals surface area contributed by atoms with Crippen LogP contribution >= 0.6 is 15.6 Å². The molecule has 0 aromatic rings. The van der Waals surface area contributed by atoms with E-state index in [-0.39, 0.29) is 25.7 Å². The second-order valence-electron chi connectivity index (χ2n) is 27.7. The average molecular weight is 1510 g/mol. The Morgan fingerprint density at radius 1 is 0.269 bits per heavy atom. The lowest BCUT2D eigenvalue weighted by molar-refractivity contribution is -0.161. The number of aliphatic hydroxyl groups is 1. The van der Waals surface area contributed by atoms with E-state index in [1.807, 2.05) is 24.3 Å². The van der Waals surface area contributed by atoms with Gasteiger partial charge >= 0.3 is 39.5 Å². The van der Waals surface area contributed by atoms with Crippen molar-refractivity contribution in [2.45, 2.75) is 380 Å². The number of hydrogen-bond donors (Lipinski definition) is 3. The topological polar surface area (TPSA) is 237 Å². The van der Waals surface area contributed by atoms with E-state index in [9.17, 15) is 43.2 Å². The molecule has 0 spiro atoms. The zero-order chi connectivity index (χ0) is 76.0. The molecular formula is C85H150O17P2. The van der Waals surface area contributed by atoms with Crippen LogP contribution in [0.3, 0.4) is 0 Å². The SMILES string of the molecule is CCCCC/C=C\C/C=C\C/C=C\C/C=C\CCCC(=O)OC[C@H](COP(=O)(O)OC[C@@H](O)COP(=O)(O)OC[C@@H](COC(=O)CCCCCCCCCCCCCCCCC)OC(=O)CCC/C=C\C/C=C\C/C=C\C/C=C\CCCCC)OC(=O)CCCCCCCCCCCCCCCCC. The number of phosphoric ester groups is 2. The van der Waals surface area contributed by atoms with Gasteiger partial charge in [0.15, 0.2) is 12.2 Å². The van der Waals surface area contributed by atoms with Gasteiger partial charge in [-0.25, -0.2) is 9.13 Å². The molecule has 104 heavy (non-hydrogen) atoms. The van der Waals surface area contributed by atoms with Crippen molar-refractivity contribution in [3.8, 4) is 0 Å². The Balaban J connectivity index is 5.43. The number of allylic oxidation sites excluding steroid dienone is 16. The van der Waals surface area contributed by atoms with Crippen LogP contribution in [0.15, 0.2) is 97.2 Å². The summed E-state index contributed by atoms with van der Waals surface area (Å²) in [7, 11) is -9.98. The Morgan fingerprint density at radius 3 is 0.769 bits per heavy atom. The molecule has 602 valence electrons. The van der Waals surface area contributed by atoms with Crippen molar-refractivity contribution >= 4 is 39.5 Å². The normalized spacial score (nSPS) is 14.3. The minimum absolute atomic E-state index is 0.0205. The van der Waals surface area contributed by atoms with Gasteiger partial charge in [-0.1, -0.05) is 330 Å². The second kappa shape index (κ2) is 77.1. The molecule has 0 rings (SSSR count). The number of hydrogen-bond acceptors (Lipinski definition) is 15. The molecule has 0 aliphatic rings. The molecule has 17 nitrogen and oxygen atoms in total. The zero-order valence-electron chi connectivity index (χ0n) is 65.9. The summed E-state index contributed by atoms with van der Waals surface area (Å²) in [6.45, 7) is 4.76. The van der Waals surface area contributed by atoms with Crippen LogP contribution in [0.5, 0.6) is 0 Å². The number of ether oxygens (including phenoxy) is 4. The van der Waals surface area contributed by atoms with Crippen LogP contribution in [0.1, 0.15) is 362 Å². The van der Waals surface area contributed by atoms with Gasteiger partial charge in [0.2, 0.25) is 0 Å². The van der Waals surface area contributed by atoms with Crippen molar-refractivity contribution in [2.75, 3.05) is 39.6 Å². The highest BCUT2D eigenvalue weighted by Crippen LogP contribution is 2.45. The third-order valence-electron chi connectivity index (χ3n) is 17.6. The lowest BCUT2D eigenvalue weighted by atomic mass is 10.0. The van der Waals surface area contributed by atoms with E-state index in [4.69, 9.17) is 37.0 Å². The van der Waals surface area contributed by atoms with Gasteiger partial charge < -0.3 is 33.8 Å². The van der Waals surface area contributed by atoms with Crippen molar-refractivity contribution in [1.29, 1.82) is 0 Å². The predicted octanol–water partition coefficient (Wildman–Crippen LogP) is 24.3. The first-order valence-electron chi connectivity index (χ1n) is 41.5. The number of carbonyl (C=O) groups excluding carboxylic acids is 4. The largest absolute Gasteiger partial charge is 0.472 e. The molecule has 2 unspecified atom stereocenters. The van der Waals surface area contributed by atoms with Crippen LogP contribution in [0, 0.1) is 0 Å². The molecule has 5 atom stereocenters. The van der Waals surface area contributed by atoms with Gasteiger partial charge in [-0.15, -0.1) is 0 Å². The van der Waals surface area contributed by atoms with Crippen LogP contribution in [0.2, 0.25) is 0 Å². The summed E-state index contributed by atoms with van der Waals surface area (Å²) in [6, 6.07) is 0. The molecule has 0 heterocycles. The molecule has 19 heteroatoms. The Morgan fingerprint density at radius 2 is 0.481 bits per heavy atom. The molecule has 3 N–H and O–H groups in total. The van der Waals surface area contributed by atoms with E-state index in [1.54, 1.807) is 0 Å². The summed E-state index contributed by atoms with van der Waals surface area (Å²) < 4.78 is 68.6. The molecule has 0 amide bonds. The van der Waals surface area contributed by atoms with E-state index in [0.717, 1.165) is 96.3 Å². The van der Waals surface area contributed by atoms with Crippen LogP contribution in [0.25, 0.3) is 0 Å². The van der Waals surface area contributed by atoms with Gasteiger partial charge in [-0.05, 0) is 103 Å². The fraction of sp³-hybridized carbons (Fsp3) is 0.765. The van der Waals surface area contributed by atoms with E-state index >= 15 is 0 Å². The Bertz CT molecular complexity index is 2350. The maximum absolute atomic E-state index is 13.1. The maximum Gasteiger partial charge on any atom is 0.472 e. The molecule has 0 radical (unpaired) electrons. The van der Waals surface area contributed by atoms with Crippen molar-refractivity contribution in [3.05, 3.63) is 97.2 Å². The minimum Gasteiger partial charge on any atom is -0.462 e. The molecule has 0 bridgehead atoms. The monoisotopic (exact) mass is 1510 g/mol. The highest BCUT2D eigenvalue weighted by molar-refractivity contribution is 7.47. The van der Waals surface area contributed by atoms with Crippen molar-refractivity contribution in [2.24, 2.45) is 0 Å². The summed E-state index contributed by atoms with van der Waals surface area (Å²) in [5.41, 5.74) is 0. The number of phosphoric acid groups is 2. The summed E-state index contributed by atoms with van der Waals surface area (Å²) in [5.74, 6) is -2.28. The molecule has 0 aromatic carbocycles. The third kappa shape index (κ3) is 76.2. The quantitative estimate of drug-likeness (QED) is 0.0169. The van der Waals surface area contributed by atoms with Crippen molar-refractivity contribution in [3.63, 3.8) is 0 Å². The van der Waals surface area contributed by atoms with Gasteiger partial charge in [-0.2, -0.15) is 0 Å². The van der Waals surface area contributed by atoms with E-state index in [0.29, 0.717) is 38.5 Å². The Labute approximate surface area is 633 Å². The molecular weight excluding hydrogens is 1350 g/mol. The van der Waals surface area contributed by atoms with E-state index in [1.165, 1.54) is 173 Å². The van der Waals surface area contributed by atoms with Crippen LogP contribution < -0.4 is 0 Å². The number of rotatable bonds is 78. The number of carbonyl (C=O) groups is 4. The Hall–Kier alpha value is -4.02. The molecule has 0 aliphatic carbocycles. The van der Waals surface area contributed by atoms with Gasteiger partial charge in [0.05, 0.1) is 26.4 Å². The van der Waals surface area contributed by atoms with Crippen molar-refractivity contribution in [1.82, 2.24) is 0 Å². The third-order valence-corrected chi connectivity index (χ3v) is 19.5. The first-order chi connectivity index (χ1) is 50.7. The summed E-state index contributed by atoms with van der Waals surface area (Å²) in [4.78, 5) is 73.1. The van der Waals surface area contributed by atoms with Crippen LogP contribution in [0.4, 0.5) is 0 Å². The van der Waals surface area contributed by atoms with Gasteiger partial charge in [-0.3, -0.25) is 37.3 Å². The molecule has 0 fully saturated rings. The second-order valence-corrected chi connectivity index (χ2v) is 30.6. The van der Waals surface area contributed by atoms with Gasteiger partial charge in [0.1, 0.15) is 19.3 Å². The van der Waals surface area contributed by atoms with Crippen LogP contribution in [-0.4, -0.2) is 96.7 Å². The van der Waals surface area contributed by atoms with Gasteiger partial charge in [0.25, 0.3) is 0 Å². The van der Waals surface area contributed by atoms with Gasteiger partial charge in [0, 0.05) is 25.7 Å². The summed E-state index contributed by atoms with van der Waals surface area (Å²) in [5, 5.41) is 10.6. The first kappa shape index (κ1) is 100.0. The molecule has 0 saturated heterocycles. The Kier molecular flexibility index (Phi) is 74.2. The zero-order valence-corrected chi connectivity index (χ0v) is 67.7.